The lowest BCUT2D eigenvalue weighted by molar-refractivity contribution is -0.152. The second-order valence-corrected chi connectivity index (χ2v) is 5.65. The highest BCUT2D eigenvalue weighted by Gasteiger charge is 2.36. The molecular formula is C14H22N2O5. The Balaban J connectivity index is 1.81. The van der Waals surface area contributed by atoms with Gasteiger partial charge in [0, 0.05) is 13.1 Å². The average Bonchev–Trinajstić information content (AvgIpc) is 2.97. The first kappa shape index (κ1) is 15.8. The van der Waals surface area contributed by atoms with E-state index in [2.05, 4.69) is 5.32 Å². The van der Waals surface area contributed by atoms with E-state index in [1.165, 1.54) is 0 Å². The van der Waals surface area contributed by atoms with E-state index in [1.54, 1.807) is 11.8 Å². The molecule has 2 heterocycles. The molecule has 0 bridgehead atoms. The Kier molecular flexibility index (Phi) is 5.17. The van der Waals surface area contributed by atoms with E-state index >= 15 is 0 Å². The monoisotopic (exact) mass is 298 g/mol. The van der Waals surface area contributed by atoms with Gasteiger partial charge in [-0.2, -0.15) is 0 Å². The number of carbonyl (C=O) groups excluding carboxylic acids is 2. The fourth-order valence-corrected chi connectivity index (χ4v) is 2.77. The highest BCUT2D eigenvalue weighted by atomic mass is 16.5. The van der Waals surface area contributed by atoms with Crippen LogP contribution in [0.5, 0.6) is 0 Å². The summed E-state index contributed by atoms with van der Waals surface area (Å²) in [6.45, 7) is 3.12. The molecule has 0 saturated carbocycles. The van der Waals surface area contributed by atoms with Gasteiger partial charge in [0.1, 0.15) is 12.1 Å². The Hall–Kier alpha value is -1.63. The van der Waals surface area contributed by atoms with Gasteiger partial charge in [0.05, 0.1) is 0 Å². The second-order valence-electron chi connectivity index (χ2n) is 5.65. The number of amides is 2. The number of carboxylic acids is 1. The van der Waals surface area contributed by atoms with Crippen LogP contribution < -0.4 is 5.32 Å². The first-order valence-electron chi connectivity index (χ1n) is 7.46. The Morgan fingerprint density at radius 1 is 1.14 bits per heavy atom. The van der Waals surface area contributed by atoms with Crippen molar-refractivity contribution in [1.82, 2.24) is 10.2 Å². The molecule has 2 N–H and O–H groups in total. The molecule has 2 fully saturated rings. The van der Waals surface area contributed by atoms with E-state index < -0.39 is 30.1 Å². The largest absolute Gasteiger partial charge is 0.479 e. The van der Waals surface area contributed by atoms with Crippen LogP contribution in [0.15, 0.2) is 0 Å². The molecule has 118 valence electrons. The van der Waals surface area contributed by atoms with Gasteiger partial charge < -0.3 is 20.1 Å². The van der Waals surface area contributed by atoms with Crippen LogP contribution in [0.25, 0.3) is 0 Å². The maximum absolute atomic E-state index is 12.2. The zero-order valence-corrected chi connectivity index (χ0v) is 12.2. The smallest absolute Gasteiger partial charge is 0.332 e. The van der Waals surface area contributed by atoms with E-state index in [0.29, 0.717) is 12.8 Å². The van der Waals surface area contributed by atoms with Crippen molar-refractivity contribution in [3.63, 3.8) is 0 Å². The highest BCUT2D eigenvalue weighted by molar-refractivity contribution is 5.89. The van der Waals surface area contributed by atoms with Crippen molar-refractivity contribution >= 4 is 17.8 Å². The zero-order valence-electron chi connectivity index (χ0n) is 12.2. The van der Waals surface area contributed by atoms with Crippen molar-refractivity contribution in [2.45, 2.75) is 57.3 Å². The number of nitrogens with one attached hydrogen (secondary N) is 1. The molecule has 0 radical (unpaired) electrons. The van der Waals surface area contributed by atoms with E-state index in [9.17, 15) is 14.4 Å². The number of nitrogens with zero attached hydrogens (tertiary/aromatic N) is 1. The van der Waals surface area contributed by atoms with Crippen LogP contribution in [0.1, 0.15) is 39.0 Å². The topological polar surface area (TPSA) is 95.9 Å². The summed E-state index contributed by atoms with van der Waals surface area (Å²) in [7, 11) is 0. The SMILES string of the molecule is CC(NC(=O)[C@@H]1CC[C@H](C(=O)O)O1)C(=O)N1CCCCC1. The van der Waals surface area contributed by atoms with Gasteiger partial charge in [-0.3, -0.25) is 9.59 Å². The van der Waals surface area contributed by atoms with Gasteiger partial charge in [-0.25, -0.2) is 4.79 Å². The van der Waals surface area contributed by atoms with Crippen molar-refractivity contribution in [2.24, 2.45) is 0 Å². The summed E-state index contributed by atoms with van der Waals surface area (Å²) in [5.41, 5.74) is 0. The third-order valence-electron chi connectivity index (χ3n) is 3.98. The quantitative estimate of drug-likeness (QED) is 0.769. The summed E-state index contributed by atoms with van der Waals surface area (Å²) < 4.78 is 5.17. The second kappa shape index (κ2) is 6.89. The zero-order chi connectivity index (χ0) is 15.4. The molecule has 0 aromatic rings. The lowest BCUT2D eigenvalue weighted by Gasteiger charge is -2.29. The van der Waals surface area contributed by atoms with Crippen molar-refractivity contribution < 1.29 is 24.2 Å². The van der Waals surface area contributed by atoms with Crippen molar-refractivity contribution in [2.75, 3.05) is 13.1 Å². The van der Waals surface area contributed by atoms with Gasteiger partial charge in [-0.1, -0.05) is 0 Å². The average molecular weight is 298 g/mol. The van der Waals surface area contributed by atoms with E-state index in [1.807, 2.05) is 0 Å². The van der Waals surface area contributed by atoms with Gasteiger partial charge in [0.25, 0.3) is 0 Å². The maximum Gasteiger partial charge on any atom is 0.332 e. The predicted molar refractivity (Wildman–Crippen MR) is 73.6 cm³/mol. The summed E-state index contributed by atoms with van der Waals surface area (Å²) in [5.74, 6) is -1.55. The molecule has 2 saturated heterocycles. The summed E-state index contributed by atoms with van der Waals surface area (Å²) in [6.07, 6.45) is 2.12. The van der Waals surface area contributed by atoms with Crippen LogP contribution in [-0.2, 0) is 19.1 Å². The molecule has 21 heavy (non-hydrogen) atoms. The number of hydrogen-bond donors (Lipinski definition) is 2. The molecule has 0 spiro atoms. The molecule has 2 aliphatic rings. The molecule has 0 aliphatic carbocycles. The van der Waals surface area contributed by atoms with Gasteiger partial charge in [-0.05, 0) is 39.0 Å². The summed E-state index contributed by atoms with van der Waals surface area (Å²) in [5, 5.41) is 11.5. The normalized spacial score (nSPS) is 27.2. The molecule has 2 amide bonds. The Morgan fingerprint density at radius 2 is 1.76 bits per heavy atom. The van der Waals surface area contributed by atoms with Crippen LogP contribution in [0, 0.1) is 0 Å². The summed E-state index contributed by atoms with van der Waals surface area (Å²) in [4.78, 5) is 36.8. The lowest BCUT2D eigenvalue weighted by atomic mass is 10.1. The third-order valence-corrected chi connectivity index (χ3v) is 3.98. The molecule has 3 atom stereocenters. The Morgan fingerprint density at radius 3 is 2.33 bits per heavy atom. The number of piperidine rings is 1. The minimum absolute atomic E-state index is 0.0872. The predicted octanol–water partition coefficient (Wildman–Crippen LogP) is 0.136. The first-order chi connectivity index (χ1) is 9.99. The number of rotatable bonds is 4. The minimum Gasteiger partial charge on any atom is -0.479 e. The maximum atomic E-state index is 12.2. The summed E-state index contributed by atoms with van der Waals surface area (Å²) >= 11 is 0. The fraction of sp³-hybridized carbons (Fsp3) is 0.786. The van der Waals surface area contributed by atoms with Gasteiger partial charge in [-0.15, -0.1) is 0 Å². The van der Waals surface area contributed by atoms with E-state index in [-0.39, 0.29) is 5.91 Å². The number of likely N-dealkylation sites (tertiary alicyclic amines) is 1. The third kappa shape index (κ3) is 3.93. The van der Waals surface area contributed by atoms with Gasteiger partial charge in [0.15, 0.2) is 6.10 Å². The standard InChI is InChI=1S/C14H22N2O5/c1-9(13(18)16-7-3-2-4-8-16)15-12(17)10-5-6-11(21-10)14(19)20/h9-11H,2-8H2,1H3,(H,15,17)(H,19,20)/t9?,10-,11+/m0/s1. The van der Waals surface area contributed by atoms with Gasteiger partial charge in [0.2, 0.25) is 11.8 Å². The molecule has 7 nitrogen and oxygen atoms in total. The number of carbonyl (C=O) groups is 3. The van der Waals surface area contributed by atoms with Crippen molar-refractivity contribution in [1.29, 1.82) is 0 Å². The first-order valence-corrected chi connectivity index (χ1v) is 7.46. The van der Waals surface area contributed by atoms with Crippen LogP contribution in [0.2, 0.25) is 0 Å². The fourth-order valence-electron chi connectivity index (χ4n) is 2.77. The molecule has 0 aromatic heterocycles. The van der Waals surface area contributed by atoms with Crippen LogP contribution in [0.4, 0.5) is 0 Å². The number of ether oxygens (including phenoxy) is 1. The highest BCUT2D eigenvalue weighted by Crippen LogP contribution is 2.20. The number of carboxylic acid groups (broad SMARTS) is 1. The molecule has 7 heteroatoms. The van der Waals surface area contributed by atoms with Crippen LogP contribution in [-0.4, -0.2) is 59.1 Å². The molecule has 0 aromatic carbocycles. The number of hydrogen-bond acceptors (Lipinski definition) is 4. The number of aliphatic carboxylic acids is 1. The van der Waals surface area contributed by atoms with Crippen LogP contribution in [0.3, 0.4) is 0 Å². The molecule has 2 rings (SSSR count). The Bertz CT molecular complexity index is 420. The van der Waals surface area contributed by atoms with Gasteiger partial charge >= 0.3 is 5.97 Å². The Labute approximate surface area is 123 Å². The van der Waals surface area contributed by atoms with Crippen molar-refractivity contribution in [3.05, 3.63) is 0 Å². The summed E-state index contributed by atoms with van der Waals surface area (Å²) in [6, 6.07) is -0.608. The van der Waals surface area contributed by atoms with Crippen LogP contribution >= 0.6 is 0 Å². The minimum atomic E-state index is -1.05. The van der Waals surface area contributed by atoms with E-state index in [0.717, 1.165) is 32.4 Å². The van der Waals surface area contributed by atoms with E-state index in [4.69, 9.17) is 9.84 Å². The molecular weight excluding hydrogens is 276 g/mol. The molecule has 2 aliphatic heterocycles. The lowest BCUT2D eigenvalue weighted by Crippen LogP contribution is -2.50. The van der Waals surface area contributed by atoms with Crippen molar-refractivity contribution in [3.8, 4) is 0 Å². The molecule has 1 unspecified atom stereocenters.